The van der Waals surface area contributed by atoms with Crippen LogP contribution in [0.1, 0.15) is 30.0 Å². The zero-order valence-electron chi connectivity index (χ0n) is 11.9. The summed E-state index contributed by atoms with van der Waals surface area (Å²) < 4.78 is 5.26. The van der Waals surface area contributed by atoms with Gasteiger partial charge in [0.05, 0.1) is 18.6 Å². The predicted molar refractivity (Wildman–Crippen MR) is 73.5 cm³/mol. The molecule has 0 bridgehead atoms. The summed E-state index contributed by atoms with van der Waals surface area (Å²) in [6, 6.07) is 5.83. The molecule has 1 atom stereocenters. The van der Waals surface area contributed by atoms with Gasteiger partial charge >= 0.3 is 5.97 Å². The Kier molecular flexibility index (Phi) is 3.54. The highest BCUT2D eigenvalue weighted by Crippen LogP contribution is 2.57. The molecule has 4 nitrogen and oxygen atoms in total. The largest absolute Gasteiger partial charge is 0.496 e. The first kappa shape index (κ1) is 13.9. The quantitative estimate of drug-likeness (QED) is 0.886. The third-order valence-corrected chi connectivity index (χ3v) is 3.99. The van der Waals surface area contributed by atoms with Crippen LogP contribution in [0, 0.1) is 12.3 Å². The molecule has 4 heteroatoms. The van der Waals surface area contributed by atoms with Gasteiger partial charge in [0.1, 0.15) is 5.75 Å². The molecule has 1 fully saturated rings. The van der Waals surface area contributed by atoms with Crippen molar-refractivity contribution >= 4 is 5.97 Å². The highest BCUT2D eigenvalue weighted by atomic mass is 16.5. The SMILES string of the molecule is COc1ccc(C(N(C)C)C2(C(=O)O)CC2)cc1C. The molecule has 19 heavy (non-hydrogen) atoms. The maximum Gasteiger partial charge on any atom is 0.311 e. The number of carboxylic acid groups (broad SMARTS) is 1. The first-order valence-electron chi connectivity index (χ1n) is 6.47. The second kappa shape index (κ2) is 4.85. The van der Waals surface area contributed by atoms with Crippen LogP contribution in [0.4, 0.5) is 0 Å². The molecule has 2 rings (SSSR count). The van der Waals surface area contributed by atoms with Gasteiger partial charge in [-0.25, -0.2) is 0 Å². The molecule has 104 valence electrons. The van der Waals surface area contributed by atoms with Gasteiger partial charge in [-0.3, -0.25) is 4.79 Å². The van der Waals surface area contributed by atoms with Gasteiger partial charge in [0.25, 0.3) is 0 Å². The lowest BCUT2D eigenvalue weighted by molar-refractivity contribution is -0.146. The maximum atomic E-state index is 11.6. The highest BCUT2D eigenvalue weighted by molar-refractivity contribution is 5.79. The number of methoxy groups -OCH3 is 1. The predicted octanol–water partition coefficient (Wildman–Crippen LogP) is 2.47. The lowest BCUT2D eigenvalue weighted by atomic mass is 9.88. The van der Waals surface area contributed by atoms with Crippen molar-refractivity contribution in [2.24, 2.45) is 5.41 Å². The number of aliphatic carboxylic acids is 1. The van der Waals surface area contributed by atoms with Crippen molar-refractivity contribution in [3.05, 3.63) is 29.3 Å². The van der Waals surface area contributed by atoms with Crippen molar-refractivity contribution in [3.8, 4) is 5.75 Å². The maximum absolute atomic E-state index is 11.6. The molecule has 1 aliphatic carbocycles. The number of benzene rings is 1. The van der Waals surface area contributed by atoms with Crippen molar-refractivity contribution in [2.45, 2.75) is 25.8 Å². The van der Waals surface area contributed by atoms with Crippen molar-refractivity contribution < 1.29 is 14.6 Å². The Bertz CT molecular complexity index is 492. The summed E-state index contributed by atoms with van der Waals surface area (Å²) in [5.74, 6) is 0.140. The smallest absolute Gasteiger partial charge is 0.311 e. The molecular formula is C15H21NO3. The van der Waals surface area contributed by atoms with Crippen LogP contribution in [-0.2, 0) is 4.79 Å². The van der Waals surface area contributed by atoms with Crippen molar-refractivity contribution in [2.75, 3.05) is 21.2 Å². The Labute approximate surface area is 114 Å². The van der Waals surface area contributed by atoms with E-state index in [1.165, 1.54) is 0 Å². The average molecular weight is 263 g/mol. The summed E-state index contributed by atoms with van der Waals surface area (Å²) in [6.45, 7) is 1.98. The molecule has 0 amide bonds. The molecule has 0 saturated heterocycles. The van der Waals surface area contributed by atoms with Gasteiger partial charge < -0.3 is 14.7 Å². The second-order valence-electron chi connectivity index (χ2n) is 5.56. The van der Waals surface area contributed by atoms with E-state index in [4.69, 9.17) is 4.74 Å². The van der Waals surface area contributed by atoms with Crippen LogP contribution in [0.15, 0.2) is 18.2 Å². The Morgan fingerprint density at radius 1 is 1.42 bits per heavy atom. The van der Waals surface area contributed by atoms with E-state index in [2.05, 4.69) is 0 Å². The number of hydrogen-bond acceptors (Lipinski definition) is 3. The molecule has 1 N–H and O–H groups in total. The Morgan fingerprint density at radius 3 is 2.42 bits per heavy atom. The molecule has 1 aromatic carbocycles. The number of nitrogens with zero attached hydrogens (tertiary/aromatic N) is 1. The van der Waals surface area contributed by atoms with Gasteiger partial charge in [0, 0.05) is 0 Å². The van der Waals surface area contributed by atoms with Crippen LogP contribution in [0.2, 0.25) is 0 Å². The molecule has 1 aromatic rings. The van der Waals surface area contributed by atoms with Crippen molar-refractivity contribution in [3.63, 3.8) is 0 Å². The Balaban J connectivity index is 2.41. The van der Waals surface area contributed by atoms with E-state index in [9.17, 15) is 9.90 Å². The van der Waals surface area contributed by atoms with Crippen LogP contribution in [0.25, 0.3) is 0 Å². The van der Waals surface area contributed by atoms with Gasteiger partial charge in [0.2, 0.25) is 0 Å². The van der Waals surface area contributed by atoms with E-state index in [0.717, 1.165) is 29.7 Å². The minimum absolute atomic E-state index is 0.0883. The van der Waals surface area contributed by atoms with Gasteiger partial charge in [-0.2, -0.15) is 0 Å². The summed E-state index contributed by atoms with van der Waals surface area (Å²) in [5.41, 5.74) is 1.46. The fourth-order valence-corrected chi connectivity index (χ4v) is 2.92. The second-order valence-corrected chi connectivity index (χ2v) is 5.56. The molecule has 0 radical (unpaired) electrons. The average Bonchev–Trinajstić information content (AvgIpc) is 3.10. The van der Waals surface area contributed by atoms with E-state index in [1.807, 2.05) is 44.1 Å². The molecule has 0 spiro atoms. The van der Waals surface area contributed by atoms with E-state index in [1.54, 1.807) is 7.11 Å². The van der Waals surface area contributed by atoms with Crippen LogP contribution >= 0.6 is 0 Å². The summed E-state index contributed by atoms with van der Waals surface area (Å²) in [7, 11) is 5.52. The van der Waals surface area contributed by atoms with Gasteiger partial charge in [-0.1, -0.05) is 12.1 Å². The lowest BCUT2D eigenvalue weighted by Gasteiger charge is -2.30. The fourth-order valence-electron chi connectivity index (χ4n) is 2.92. The summed E-state index contributed by atoms with van der Waals surface area (Å²) in [6.07, 6.45) is 1.49. The minimum Gasteiger partial charge on any atom is -0.496 e. The Morgan fingerprint density at radius 2 is 2.05 bits per heavy atom. The van der Waals surface area contributed by atoms with Crippen LogP contribution in [0.3, 0.4) is 0 Å². The van der Waals surface area contributed by atoms with Gasteiger partial charge in [-0.15, -0.1) is 0 Å². The zero-order valence-corrected chi connectivity index (χ0v) is 11.9. The number of carboxylic acids is 1. The zero-order chi connectivity index (χ0) is 14.2. The molecular weight excluding hydrogens is 242 g/mol. The summed E-state index contributed by atoms with van der Waals surface area (Å²) in [5, 5.41) is 9.50. The van der Waals surface area contributed by atoms with Crippen molar-refractivity contribution in [1.29, 1.82) is 0 Å². The van der Waals surface area contributed by atoms with Crippen LogP contribution < -0.4 is 4.74 Å². The normalized spacial score (nSPS) is 18.2. The first-order chi connectivity index (χ1) is 8.92. The van der Waals surface area contributed by atoms with Crippen LogP contribution in [-0.4, -0.2) is 37.2 Å². The molecule has 0 heterocycles. The Hall–Kier alpha value is -1.55. The van der Waals surface area contributed by atoms with Gasteiger partial charge in [-0.05, 0) is 51.1 Å². The van der Waals surface area contributed by atoms with E-state index < -0.39 is 11.4 Å². The lowest BCUT2D eigenvalue weighted by Crippen LogP contribution is -2.34. The summed E-state index contributed by atoms with van der Waals surface area (Å²) in [4.78, 5) is 13.6. The topological polar surface area (TPSA) is 49.8 Å². The van der Waals surface area contributed by atoms with Crippen LogP contribution in [0.5, 0.6) is 5.75 Å². The number of rotatable bonds is 5. The monoisotopic (exact) mass is 263 g/mol. The third-order valence-electron chi connectivity index (χ3n) is 3.99. The van der Waals surface area contributed by atoms with E-state index in [0.29, 0.717) is 0 Å². The van der Waals surface area contributed by atoms with Gasteiger partial charge in [0.15, 0.2) is 0 Å². The van der Waals surface area contributed by atoms with E-state index in [-0.39, 0.29) is 6.04 Å². The summed E-state index contributed by atoms with van der Waals surface area (Å²) >= 11 is 0. The van der Waals surface area contributed by atoms with Crippen molar-refractivity contribution in [1.82, 2.24) is 4.90 Å². The number of carbonyl (C=O) groups is 1. The standard InChI is InChI=1S/C15H21NO3/c1-10-9-11(5-6-12(10)19-4)13(16(2)3)15(7-8-15)14(17)18/h5-6,9,13H,7-8H2,1-4H3,(H,17,18). The molecule has 1 saturated carbocycles. The first-order valence-corrected chi connectivity index (χ1v) is 6.47. The van der Waals surface area contributed by atoms with E-state index >= 15 is 0 Å². The molecule has 1 aliphatic rings. The fraction of sp³-hybridized carbons (Fsp3) is 0.533. The molecule has 0 aromatic heterocycles. The molecule has 0 aliphatic heterocycles. The minimum atomic E-state index is -0.695. The third kappa shape index (κ3) is 2.32. The molecule has 1 unspecified atom stereocenters. The number of aryl methyl sites for hydroxylation is 1. The number of ether oxygens (including phenoxy) is 1. The number of hydrogen-bond donors (Lipinski definition) is 1. The highest BCUT2D eigenvalue weighted by Gasteiger charge is 2.57.